The van der Waals surface area contributed by atoms with Crippen LogP contribution in [-0.4, -0.2) is 36.0 Å². The Morgan fingerprint density at radius 3 is 3.05 bits per heavy atom. The van der Waals surface area contributed by atoms with E-state index in [0.717, 1.165) is 28.5 Å². The molecule has 1 aromatic carbocycles. The summed E-state index contributed by atoms with van der Waals surface area (Å²) in [4.78, 5) is 14.8. The highest BCUT2D eigenvalue weighted by Crippen LogP contribution is 2.26. The van der Waals surface area contributed by atoms with Gasteiger partial charge in [-0.15, -0.1) is 0 Å². The van der Waals surface area contributed by atoms with Crippen molar-refractivity contribution in [1.82, 2.24) is 10.2 Å². The maximum atomic E-state index is 12.2. The van der Waals surface area contributed by atoms with E-state index in [0.29, 0.717) is 12.1 Å². The monoisotopic (exact) mass is 370 g/mol. The molecule has 0 saturated carbocycles. The molecular formula is C15H19IN2O. The average molecular weight is 370 g/mol. The predicted molar refractivity (Wildman–Crippen MR) is 84.2 cm³/mol. The Hall–Kier alpha value is -0.620. The van der Waals surface area contributed by atoms with Crippen molar-refractivity contribution in [2.45, 2.75) is 37.8 Å². The summed E-state index contributed by atoms with van der Waals surface area (Å²) in [7, 11) is 0. The van der Waals surface area contributed by atoms with Crippen LogP contribution < -0.4 is 5.32 Å². The molecule has 2 saturated heterocycles. The van der Waals surface area contributed by atoms with E-state index in [2.05, 4.69) is 32.8 Å². The summed E-state index contributed by atoms with van der Waals surface area (Å²) in [5.41, 5.74) is 0.778. The molecular weight excluding hydrogens is 351 g/mol. The molecule has 19 heavy (non-hydrogen) atoms. The van der Waals surface area contributed by atoms with Crippen LogP contribution in [0.2, 0.25) is 0 Å². The van der Waals surface area contributed by atoms with Gasteiger partial charge >= 0.3 is 0 Å². The van der Waals surface area contributed by atoms with Gasteiger partial charge in [0.15, 0.2) is 0 Å². The Morgan fingerprint density at radius 2 is 2.21 bits per heavy atom. The first-order valence-electron chi connectivity index (χ1n) is 7.03. The average Bonchev–Trinajstić information content (AvgIpc) is 2.86. The van der Waals surface area contributed by atoms with Crippen molar-refractivity contribution in [2.75, 3.05) is 13.1 Å². The fourth-order valence-electron chi connectivity index (χ4n) is 3.25. The minimum Gasteiger partial charge on any atom is -0.349 e. The quantitative estimate of drug-likeness (QED) is 0.812. The van der Waals surface area contributed by atoms with Crippen LogP contribution in [0.25, 0.3) is 0 Å². The number of piperidine rings is 1. The van der Waals surface area contributed by atoms with Crippen LogP contribution in [0.1, 0.15) is 36.0 Å². The Labute approximate surface area is 127 Å². The van der Waals surface area contributed by atoms with Crippen molar-refractivity contribution in [1.29, 1.82) is 0 Å². The second-order valence-corrected chi connectivity index (χ2v) is 6.78. The summed E-state index contributed by atoms with van der Waals surface area (Å²) in [6.45, 7) is 2.39. The maximum absolute atomic E-state index is 12.2. The summed E-state index contributed by atoms with van der Waals surface area (Å²) < 4.78 is 1.11. The number of rotatable bonds is 2. The smallest absolute Gasteiger partial charge is 0.251 e. The summed E-state index contributed by atoms with van der Waals surface area (Å²) in [6.07, 6.45) is 4.83. The summed E-state index contributed by atoms with van der Waals surface area (Å²) in [5, 5.41) is 3.21. The highest BCUT2D eigenvalue weighted by molar-refractivity contribution is 14.1. The minimum atomic E-state index is 0.0787. The van der Waals surface area contributed by atoms with Gasteiger partial charge in [-0.1, -0.05) is 6.07 Å². The van der Waals surface area contributed by atoms with E-state index >= 15 is 0 Å². The Morgan fingerprint density at radius 1 is 1.32 bits per heavy atom. The zero-order chi connectivity index (χ0) is 13.2. The zero-order valence-corrected chi connectivity index (χ0v) is 13.1. The standard InChI is InChI=1S/C15H19IN2O/c16-12-4-1-3-11(9-12)15(19)17-13-6-8-18-7-2-5-14(18)10-13/h1,3-4,9,13-14H,2,5-8,10H2,(H,17,19). The van der Waals surface area contributed by atoms with Crippen LogP contribution in [0, 0.1) is 3.57 Å². The van der Waals surface area contributed by atoms with Crippen molar-refractivity contribution >= 4 is 28.5 Å². The van der Waals surface area contributed by atoms with Crippen LogP contribution in [0.3, 0.4) is 0 Å². The van der Waals surface area contributed by atoms with E-state index in [4.69, 9.17) is 0 Å². The Bertz CT molecular complexity index is 477. The van der Waals surface area contributed by atoms with E-state index in [1.807, 2.05) is 24.3 Å². The first-order valence-corrected chi connectivity index (χ1v) is 8.11. The zero-order valence-electron chi connectivity index (χ0n) is 10.9. The number of nitrogens with zero attached hydrogens (tertiary/aromatic N) is 1. The van der Waals surface area contributed by atoms with E-state index in [1.165, 1.54) is 19.4 Å². The molecule has 2 unspecified atom stereocenters. The number of amides is 1. The number of nitrogens with one attached hydrogen (secondary N) is 1. The molecule has 0 aromatic heterocycles. The number of halogens is 1. The topological polar surface area (TPSA) is 32.3 Å². The molecule has 1 N–H and O–H groups in total. The molecule has 3 nitrogen and oxygen atoms in total. The number of carbonyl (C=O) groups excluding carboxylic acids is 1. The predicted octanol–water partition coefficient (Wildman–Crippen LogP) is 2.65. The van der Waals surface area contributed by atoms with Crippen LogP contribution >= 0.6 is 22.6 Å². The molecule has 3 rings (SSSR count). The number of benzene rings is 1. The van der Waals surface area contributed by atoms with Gasteiger partial charge in [-0.3, -0.25) is 4.79 Å². The molecule has 1 amide bonds. The molecule has 2 fully saturated rings. The number of hydrogen-bond acceptors (Lipinski definition) is 2. The third-order valence-corrected chi connectivity index (χ3v) is 4.91. The van der Waals surface area contributed by atoms with Gasteiger partial charge in [-0.25, -0.2) is 0 Å². The van der Waals surface area contributed by atoms with Gasteiger partial charge in [0.25, 0.3) is 5.91 Å². The second-order valence-electron chi connectivity index (χ2n) is 5.54. The summed E-state index contributed by atoms with van der Waals surface area (Å²) in [6, 6.07) is 8.84. The third kappa shape index (κ3) is 3.11. The highest BCUT2D eigenvalue weighted by atomic mass is 127. The van der Waals surface area contributed by atoms with Crippen LogP contribution in [0.15, 0.2) is 24.3 Å². The molecule has 0 bridgehead atoms. The van der Waals surface area contributed by atoms with Crippen molar-refractivity contribution in [3.63, 3.8) is 0 Å². The molecule has 0 spiro atoms. The lowest BCUT2D eigenvalue weighted by Crippen LogP contribution is -2.47. The SMILES string of the molecule is O=C(NC1CCN2CCCC2C1)c1cccc(I)c1. The second kappa shape index (κ2) is 5.79. The number of carbonyl (C=O) groups is 1. The van der Waals surface area contributed by atoms with Gasteiger partial charge in [0.1, 0.15) is 0 Å². The van der Waals surface area contributed by atoms with Crippen molar-refractivity contribution < 1.29 is 4.79 Å². The lowest BCUT2D eigenvalue weighted by atomic mass is 9.97. The van der Waals surface area contributed by atoms with Crippen LogP contribution in [0.4, 0.5) is 0 Å². The third-order valence-electron chi connectivity index (χ3n) is 4.24. The van der Waals surface area contributed by atoms with E-state index in [9.17, 15) is 4.79 Å². The molecule has 2 heterocycles. The number of hydrogen-bond donors (Lipinski definition) is 1. The van der Waals surface area contributed by atoms with Gasteiger partial charge in [0, 0.05) is 27.8 Å². The molecule has 2 atom stereocenters. The van der Waals surface area contributed by atoms with E-state index in [-0.39, 0.29) is 5.91 Å². The van der Waals surface area contributed by atoms with Crippen LogP contribution in [0.5, 0.6) is 0 Å². The molecule has 2 aliphatic heterocycles. The molecule has 0 radical (unpaired) electrons. The van der Waals surface area contributed by atoms with Crippen molar-refractivity contribution in [3.8, 4) is 0 Å². The summed E-state index contributed by atoms with van der Waals surface area (Å²) >= 11 is 2.24. The van der Waals surface area contributed by atoms with E-state index in [1.54, 1.807) is 0 Å². The highest BCUT2D eigenvalue weighted by Gasteiger charge is 2.32. The molecule has 0 aliphatic carbocycles. The Balaban J connectivity index is 1.61. The van der Waals surface area contributed by atoms with Crippen molar-refractivity contribution in [3.05, 3.63) is 33.4 Å². The van der Waals surface area contributed by atoms with Gasteiger partial charge in [-0.2, -0.15) is 0 Å². The number of fused-ring (bicyclic) bond motifs is 1. The van der Waals surface area contributed by atoms with Gasteiger partial charge in [0.05, 0.1) is 0 Å². The fourth-order valence-corrected chi connectivity index (χ4v) is 3.80. The fraction of sp³-hybridized carbons (Fsp3) is 0.533. The van der Waals surface area contributed by atoms with Gasteiger partial charge in [0.2, 0.25) is 0 Å². The van der Waals surface area contributed by atoms with Gasteiger partial charge in [-0.05, 0) is 73.0 Å². The molecule has 1 aromatic rings. The minimum absolute atomic E-state index is 0.0787. The molecule has 102 valence electrons. The lowest BCUT2D eigenvalue weighted by Gasteiger charge is -2.35. The maximum Gasteiger partial charge on any atom is 0.251 e. The van der Waals surface area contributed by atoms with E-state index < -0.39 is 0 Å². The van der Waals surface area contributed by atoms with Crippen LogP contribution in [-0.2, 0) is 0 Å². The molecule has 2 aliphatic rings. The first kappa shape index (κ1) is 13.4. The Kier molecular flexibility index (Phi) is 4.07. The first-order chi connectivity index (χ1) is 9.22. The normalized spacial score (nSPS) is 27.0. The lowest BCUT2D eigenvalue weighted by molar-refractivity contribution is 0.0896. The van der Waals surface area contributed by atoms with Crippen molar-refractivity contribution in [2.24, 2.45) is 0 Å². The van der Waals surface area contributed by atoms with Gasteiger partial charge < -0.3 is 10.2 Å². The summed E-state index contributed by atoms with van der Waals surface area (Å²) in [5.74, 6) is 0.0787. The largest absolute Gasteiger partial charge is 0.349 e. The molecule has 4 heteroatoms.